The topological polar surface area (TPSA) is 171 Å². The molecule has 57 heavy (non-hydrogen) atoms. The van der Waals surface area contributed by atoms with Gasteiger partial charge in [0.2, 0.25) is 0 Å². The highest BCUT2D eigenvalue weighted by atomic mass is 16.5. The van der Waals surface area contributed by atoms with Crippen LogP contribution < -0.4 is 29.0 Å². The standard InChI is InChI=1S/C43H51N5O9/c1-21-39(52-4)26-17-31-36-35-27(40(53-5)22(2)42(55-7)38(35)50)16-30(47(36)3)32(18-44)48(31)33(34(26)37(49)41(21)54-6)19-45-43(51)29-15-24-14-25(8-9-28(24)46-29)57-20-23-10-12-56-13-11-23/h8-9,14-15,23,30-33,36,46,49-50H,10-13,16-17,19-20H2,1-7H3,(H,45,51)/t30-,31-,32-,33-,36-/m0/s1. The van der Waals surface area contributed by atoms with Crippen LogP contribution in [-0.4, -0.2) is 111 Å². The molecule has 0 spiro atoms. The molecule has 4 N–H and O–H groups in total. The minimum atomic E-state index is -0.693. The van der Waals surface area contributed by atoms with Crippen LogP contribution in [0, 0.1) is 31.1 Å². The second kappa shape index (κ2) is 15.2. The van der Waals surface area contributed by atoms with Crippen molar-refractivity contribution < 1.29 is 43.4 Å². The number of ether oxygens (including phenoxy) is 6. The van der Waals surface area contributed by atoms with Crippen LogP contribution in [0.2, 0.25) is 0 Å². The average molecular weight is 782 g/mol. The van der Waals surface area contributed by atoms with E-state index in [4.69, 9.17) is 28.4 Å². The number of piperazine rings is 1. The lowest BCUT2D eigenvalue weighted by atomic mass is 9.71. The van der Waals surface area contributed by atoms with E-state index in [-0.39, 0.29) is 35.7 Å². The molecule has 1 amide bonds. The second-order valence-corrected chi connectivity index (χ2v) is 15.6. The monoisotopic (exact) mass is 781 g/mol. The maximum Gasteiger partial charge on any atom is 0.267 e. The van der Waals surface area contributed by atoms with E-state index in [0.29, 0.717) is 70.6 Å². The number of hydrogen-bond donors (Lipinski definition) is 4. The van der Waals surface area contributed by atoms with Gasteiger partial charge < -0.3 is 48.9 Å². The van der Waals surface area contributed by atoms with E-state index >= 15 is 0 Å². The van der Waals surface area contributed by atoms with Gasteiger partial charge in [0.05, 0.1) is 53.2 Å². The number of aromatic nitrogens is 1. The number of phenolic OH excluding ortho intramolecular Hbond substituents is 2. The number of aromatic amines is 1. The number of rotatable bonds is 10. The molecule has 0 aliphatic carbocycles. The number of carbonyl (C=O) groups is 1. The fourth-order valence-corrected chi connectivity index (χ4v) is 10.1. The van der Waals surface area contributed by atoms with E-state index in [2.05, 4.69) is 26.2 Å². The molecule has 0 saturated carbocycles. The van der Waals surface area contributed by atoms with Gasteiger partial charge in [-0.25, -0.2) is 0 Å². The van der Waals surface area contributed by atoms with Gasteiger partial charge in [-0.15, -0.1) is 0 Å². The Morgan fingerprint density at radius 2 is 1.53 bits per heavy atom. The van der Waals surface area contributed by atoms with Crippen LogP contribution in [-0.2, 0) is 17.6 Å². The number of nitriles is 1. The molecule has 5 heterocycles. The lowest BCUT2D eigenvalue weighted by molar-refractivity contribution is -0.0724. The Labute approximate surface area is 332 Å². The number of benzene rings is 3. The second-order valence-electron chi connectivity index (χ2n) is 15.6. The van der Waals surface area contributed by atoms with E-state index < -0.39 is 24.2 Å². The molecule has 8 rings (SSSR count). The molecule has 5 atom stereocenters. The van der Waals surface area contributed by atoms with Gasteiger partial charge in [-0.05, 0) is 76.8 Å². The van der Waals surface area contributed by atoms with Gasteiger partial charge in [-0.3, -0.25) is 14.6 Å². The lowest BCUT2D eigenvalue weighted by Crippen LogP contribution is -2.68. The Morgan fingerprint density at radius 1 is 0.912 bits per heavy atom. The first-order chi connectivity index (χ1) is 27.6. The zero-order valence-corrected chi connectivity index (χ0v) is 33.5. The van der Waals surface area contributed by atoms with Gasteiger partial charge in [0.25, 0.3) is 5.91 Å². The molecule has 1 aromatic heterocycles. The van der Waals surface area contributed by atoms with Gasteiger partial charge in [-0.2, -0.15) is 5.26 Å². The number of hydrogen-bond acceptors (Lipinski definition) is 12. The maximum atomic E-state index is 14.1. The third-order valence-electron chi connectivity index (χ3n) is 12.8. The van der Waals surface area contributed by atoms with Crippen molar-refractivity contribution in [2.45, 2.75) is 69.7 Å². The van der Waals surface area contributed by atoms with Crippen LogP contribution in [0.1, 0.15) is 68.8 Å². The number of nitrogens with one attached hydrogen (secondary N) is 2. The summed E-state index contributed by atoms with van der Waals surface area (Å²) in [6, 6.07) is 7.61. The summed E-state index contributed by atoms with van der Waals surface area (Å²) >= 11 is 0. The zero-order valence-electron chi connectivity index (χ0n) is 33.5. The van der Waals surface area contributed by atoms with E-state index in [1.165, 1.54) is 14.2 Å². The third-order valence-corrected chi connectivity index (χ3v) is 12.8. The van der Waals surface area contributed by atoms with Crippen LogP contribution in [0.5, 0.6) is 40.2 Å². The van der Waals surface area contributed by atoms with Gasteiger partial charge >= 0.3 is 0 Å². The van der Waals surface area contributed by atoms with Crippen molar-refractivity contribution >= 4 is 16.8 Å². The summed E-state index contributed by atoms with van der Waals surface area (Å²) in [7, 11) is 8.19. The van der Waals surface area contributed by atoms with E-state index in [1.807, 2.05) is 39.1 Å². The Hall–Kier alpha value is -5.36. The van der Waals surface area contributed by atoms with E-state index in [0.717, 1.165) is 53.8 Å². The number of carbonyl (C=O) groups excluding carboxylic acids is 1. The summed E-state index contributed by atoms with van der Waals surface area (Å²) in [4.78, 5) is 21.6. The Morgan fingerprint density at radius 3 is 2.16 bits per heavy atom. The molecular formula is C43H51N5O9. The molecule has 4 aliphatic rings. The molecule has 2 saturated heterocycles. The predicted molar refractivity (Wildman–Crippen MR) is 211 cm³/mol. The van der Waals surface area contributed by atoms with Crippen LogP contribution in [0.25, 0.3) is 10.9 Å². The third kappa shape index (κ3) is 6.14. The maximum absolute atomic E-state index is 14.1. The molecule has 14 nitrogen and oxygen atoms in total. The summed E-state index contributed by atoms with van der Waals surface area (Å²) in [6.07, 6.45) is 2.73. The number of H-pyrrole nitrogens is 1. The number of fused-ring (bicyclic) bond motifs is 8. The van der Waals surface area contributed by atoms with Gasteiger partial charge in [0, 0.05) is 76.1 Å². The van der Waals surface area contributed by atoms with Crippen LogP contribution >= 0.6 is 0 Å². The fraction of sp³-hybridized carbons (Fsp3) is 0.488. The lowest BCUT2D eigenvalue weighted by Gasteiger charge is -2.60. The van der Waals surface area contributed by atoms with Crippen molar-refractivity contribution in [3.05, 3.63) is 63.3 Å². The SMILES string of the molecule is COc1c(C)c(OC)c2c(c1O)[C@@H]1[C@@H]3Cc4c(OC)c(C)c(OC)c(O)c4[C@H](CNC(=O)c4cc5cc(OCC6CCOCC6)ccc5[nH]4)N3[C@@H](C#N)[C@H](C2)N1C. The van der Waals surface area contributed by atoms with Crippen LogP contribution in [0.3, 0.4) is 0 Å². The largest absolute Gasteiger partial charge is 0.504 e. The summed E-state index contributed by atoms with van der Waals surface area (Å²) in [6.45, 7) is 5.85. The molecular weight excluding hydrogens is 730 g/mol. The first kappa shape index (κ1) is 38.5. The Kier molecular flexibility index (Phi) is 10.3. The fourth-order valence-electron chi connectivity index (χ4n) is 10.1. The Bertz CT molecular complexity index is 2260. The van der Waals surface area contributed by atoms with Crippen LogP contribution in [0.15, 0.2) is 24.3 Å². The molecule has 4 aromatic rings. The molecule has 0 radical (unpaired) electrons. The molecule has 0 unspecified atom stereocenters. The highest BCUT2D eigenvalue weighted by Crippen LogP contribution is 2.58. The number of aromatic hydroxyl groups is 2. The summed E-state index contributed by atoms with van der Waals surface area (Å²) in [5, 5.41) is 38.9. The van der Waals surface area contributed by atoms with E-state index in [9.17, 15) is 20.3 Å². The molecule has 3 aromatic carbocycles. The average Bonchev–Trinajstić information content (AvgIpc) is 3.64. The van der Waals surface area contributed by atoms with Gasteiger partial charge in [0.15, 0.2) is 23.0 Å². The summed E-state index contributed by atoms with van der Waals surface area (Å²) in [5.41, 5.74) is 5.26. The van der Waals surface area contributed by atoms with E-state index in [1.54, 1.807) is 20.3 Å². The highest BCUT2D eigenvalue weighted by Gasteiger charge is 2.57. The smallest absolute Gasteiger partial charge is 0.267 e. The quantitative estimate of drug-likeness (QED) is 0.165. The van der Waals surface area contributed by atoms with Crippen molar-refractivity contribution in [2.75, 3.05) is 61.9 Å². The van der Waals surface area contributed by atoms with Crippen molar-refractivity contribution in [3.8, 4) is 46.3 Å². The van der Waals surface area contributed by atoms with Crippen LogP contribution in [0.4, 0.5) is 0 Å². The minimum Gasteiger partial charge on any atom is -0.504 e. The minimum absolute atomic E-state index is 0.0313. The number of phenols is 2. The van der Waals surface area contributed by atoms with Crippen molar-refractivity contribution in [2.24, 2.45) is 5.92 Å². The van der Waals surface area contributed by atoms with Crippen molar-refractivity contribution in [1.29, 1.82) is 5.26 Å². The molecule has 14 heteroatoms. The molecule has 302 valence electrons. The number of likely N-dealkylation sites (N-methyl/N-ethyl adjacent to an activating group) is 1. The Balaban J connectivity index is 1.18. The number of amides is 1. The van der Waals surface area contributed by atoms with Gasteiger partial charge in [0.1, 0.15) is 29.0 Å². The summed E-state index contributed by atoms with van der Waals surface area (Å²) in [5.74, 6) is 2.58. The highest BCUT2D eigenvalue weighted by molar-refractivity contribution is 5.98. The molecule has 2 fully saturated rings. The number of nitrogens with zero attached hydrogens (tertiary/aromatic N) is 3. The van der Waals surface area contributed by atoms with Crippen molar-refractivity contribution in [1.82, 2.24) is 20.1 Å². The normalized spacial score (nSPS) is 23.2. The first-order valence-electron chi connectivity index (χ1n) is 19.5. The van der Waals surface area contributed by atoms with Gasteiger partial charge in [-0.1, -0.05) is 0 Å². The predicted octanol–water partition coefficient (Wildman–Crippen LogP) is 5.24. The summed E-state index contributed by atoms with van der Waals surface area (Å²) < 4.78 is 35.1. The molecule has 4 aliphatic heterocycles. The zero-order chi connectivity index (χ0) is 40.3. The molecule has 2 bridgehead atoms. The van der Waals surface area contributed by atoms with Crippen molar-refractivity contribution in [3.63, 3.8) is 0 Å². The number of methoxy groups -OCH3 is 4. The first-order valence-corrected chi connectivity index (χ1v) is 19.5.